The van der Waals surface area contributed by atoms with Crippen molar-refractivity contribution in [3.8, 4) is 0 Å². The van der Waals surface area contributed by atoms with E-state index in [0.717, 1.165) is 18.4 Å². The van der Waals surface area contributed by atoms with Gasteiger partial charge in [-0.1, -0.05) is 38.1 Å². The molecular formula is C16H20N2O3S. The van der Waals surface area contributed by atoms with Gasteiger partial charge in [0.15, 0.2) is 15.7 Å². The molecule has 1 aliphatic carbocycles. The third-order valence-electron chi connectivity index (χ3n) is 3.82. The first-order valence-electron chi connectivity index (χ1n) is 7.41. The Morgan fingerprint density at radius 1 is 1.18 bits per heavy atom. The van der Waals surface area contributed by atoms with E-state index in [0.29, 0.717) is 11.7 Å². The average molecular weight is 320 g/mol. The maximum absolute atomic E-state index is 12.4. The van der Waals surface area contributed by atoms with Crippen molar-refractivity contribution in [3.05, 3.63) is 41.5 Å². The van der Waals surface area contributed by atoms with E-state index in [4.69, 9.17) is 4.52 Å². The Morgan fingerprint density at radius 3 is 2.36 bits per heavy atom. The lowest BCUT2D eigenvalue weighted by Crippen LogP contribution is -2.12. The van der Waals surface area contributed by atoms with Crippen molar-refractivity contribution in [2.45, 2.75) is 55.6 Å². The van der Waals surface area contributed by atoms with Crippen molar-refractivity contribution in [1.29, 1.82) is 0 Å². The van der Waals surface area contributed by atoms with Gasteiger partial charge in [0.1, 0.15) is 5.75 Å². The second-order valence-electron chi connectivity index (χ2n) is 6.85. The van der Waals surface area contributed by atoms with Gasteiger partial charge in [-0.25, -0.2) is 8.42 Å². The molecule has 0 saturated heterocycles. The third kappa shape index (κ3) is 3.21. The van der Waals surface area contributed by atoms with Gasteiger partial charge in [-0.3, -0.25) is 0 Å². The van der Waals surface area contributed by atoms with Gasteiger partial charge in [-0.2, -0.15) is 4.98 Å². The molecule has 6 heteroatoms. The van der Waals surface area contributed by atoms with Gasteiger partial charge in [0.2, 0.25) is 5.89 Å². The Balaban J connectivity index is 1.79. The quantitative estimate of drug-likeness (QED) is 0.865. The standard InChI is InChI=1S/C16H20N2O3S/c1-16(2,3)12-6-8-13(9-7-12)22(19,20)10-14-17-15(18-21-14)11-4-5-11/h6-9,11H,4-5,10H2,1-3H3. The summed E-state index contributed by atoms with van der Waals surface area (Å²) in [7, 11) is -3.46. The maximum Gasteiger partial charge on any atom is 0.242 e. The summed E-state index contributed by atoms with van der Waals surface area (Å²) < 4.78 is 29.9. The van der Waals surface area contributed by atoms with Crippen molar-refractivity contribution in [2.24, 2.45) is 0 Å². The van der Waals surface area contributed by atoms with Crippen molar-refractivity contribution in [2.75, 3.05) is 0 Å². The second kappa shape index (κ2) is 5.19. The summed E-state index contributed by atoms with van der Waals surface area (Å²) in [5.74, 6) is 0.906. The Kier molecular flexibility index (Phi) is 3.59. The molecule has 0 amide bonds. The molecule has 0 atom stereocenters. The minimum Gasteiger partial charge on any atom is -0.338 e. The molecule has 22 heavy (non-hydrogen) atoms. The molecule has 0 radical (unpaired) electrons. The summed E-state index contributed by atoms with van der Waals surface area (Å²) in [6.07, 6.45) is 2.11. The highest BCUT2D eigenvalue weighted by Crippen LogP contribution is 2.38. The molecule has 0 spiro atoms. The van der Waals surface area contributed by atoms with Gasteiger partial charge < -0.3 is 4.52 Å². The van der Waals surface area contributed by atoms with Gasteiger partial charge >= 0.3 is 0 Å². The predicted molar refractivity (Wildman–Crippen MR) is 82.3 cm³/mol. The number of sulfone groups is 1. The van der Waals surface area contributed by atoms with Crippen LogP contribution in [0.2, 0.25) is 0 Å². The van der Waals surface area contributed by atoms with E-state index in [2.05, 4.69) is 30.9 Å². The van der Waals surface area contributed by atoms with E-state index < -0.39 is 9.84 Å². The lowest BCUT2D eigenvalue weighted by Gasteiger charge is -2.19. The first kappa shape index (κ1) is 15.2. The van der Waals surface area contributed by atoms with E-state index in [1.807, 2.05) is 12.1 Å². The molecule has 2 aromatic rings. The van der Waals surface area contributed by atoms with Crippen molar-refractivity contribution >= 4 is 9.84 Å². The van der Waals surface area contributed by atoms with Crippen LogP contribution >= 0.6 is 0 Å². The highest BCUT2D eigenvalue weighted by molar-refractivity contribution is 7.90. The van der Waals surface area contributed by atoms with Crippen molar-refractivity contribution in [3.63, 3.8) is 0 Å². The number of nitrogens with zero attached hydrogens (tertiary/aromatic N) is 2. The molecule has 1 fully saturated rings. The first-order chi connectivity index (χ1) is 10.3. The summed E-state index contributed by atoms with van der Waals surface area (Å²) in [6.45, 7) is 6.27. The van der Waals surface area contributed by atoms with Gasteiger partial charge in [0.05, 0.1) is 4.90 Å². The zero-order valence-electron chi connectivity index (χ0n) is 13.0. The van der Waals surface area contributed by atoms with Gasteiger partial charge in [0.25, 0.3) is 0 Å². The summed E-state index contributed by atoms with van der Waals surface area (Å²) >= 11 is 0. The van der Waals surface area contributed by atoms with E-state index in [1.165, 1.54) is 0 Å². The van der Waals surface area contributed by atoms with E-state index in [1.54, 1.807) is 12.1 Å². The molecule has 0 N–H and O–H groups in total. The molecule has 5 nitrogen and oxygen atoms in total. The molecule has 118 valence electrons. The highest BCUT2D eigenvalue weighted by Gasteiger charge is 2.30. The maximum atomic E-state index is 12.4. The summed E-state index contributed by atoms with van der Waals surface area (Å²) in [6, 6.07) is 7.01. The van der Waals surface area contributed by atoms with Crippen molar-refractivity contribution in [1.82, 2.24) is 10.1 Å². The molecule has 3 rings (SSSR count). The van der Waals surface area contributed by atoms with Crippen LogP contribution < -0.4 is 0 Å². The molecule has 1 heterocycles. The van der Waals surface area contributed by atoms with E-state index in [9.17, 15) is 8.42 Å². The zero-order chi connectivity index (χ0) is 16.0. The number of hydrogen-bond donors (Lipinski definition) is 0. The number of benzene rings is 1. The van der Waals surface area contributed by atoms with Crippen LogP contribution in [0.3, 0.4) is 0 Å². The third-order valence-corrected chi connectivity index (χ3v) is 5.44. The summed E-state index contributed by atoms with van der Waals surface area (Å²) in [5, 5.41) is 3.85. The van der Waals surface area contributed by atoms with Gasteiger partial charge in [0, 0.05) is 5.92 Å². The Hall–Kier alpha value is -1.69. The molecule has 1 aromatic carbocycles. The predicted octanol–water partition coefficient (Wildman–Crippen LogP) is 3.22. The lowest BCUT2D eigenvalue weighted by molar-refractivity contribution is 0.383. The lowest BCUT2D eigenvalue weighted by atomic mass is 9.87. The van der Waals surface area contributed by atoms with Crippen LogP contribution in [-0.2, 0) is 21.0 Å². The Bertz CT molecular complexity index is 766. The smallest absolute Gasteiger partial charge is 0.242 e. The van der Waals surface area contributed by atoms with Crippen molar-refractivity contribution < 1.29 is 12.9 Å². The molecule has 1 aliphatic rings. The molecule has 0 unspecified atom stereocenters. The summed E-state index contributed by atoms with van der Waals surface area (Å²) in [5.41, 5.74) is 1.09. The fourth-order valence-electron chi connectivity index (χ4n) is 2.24. The molecule has 1 saturated carbocycles. The normalized spacial score (nSPS) is 16.0. The fraction of sp³-hybridized carbons (Fsp3) is 0.500. The van der Waals surface area contributed by atoms with Gasteiger partial charge in [-0.15, -0.1) is 0 Å². The highest BCUT2D eigenvalue weighted by atomic mass is 32.2. The van der Waals surface area contributed by atoms with Crippen LogP contribution in [0, 0.1) is 0 Å². The van der Waals surface area contributed by atoms with Crippen LogP contribution in [0.15, 0.2) is 33.7 Å². The van der Waals surface area contributed by atoms with E-state index >= 15 is 0 Å². The SMILES string of the molecule is CC(C)(C)c1ccc(S(=O)(=O)Cc2nc(C3CC3)no2)cc1. The Labute approximate surface area is 130 Å². The molecule has 1 aromatic heterocycles. The molecular weight excluding hydrogens is 300 g/mol. The van der Waals surface area contributed by atoms with Crippen LogP contribution in [0.25, 0.3) is 0 Å². The van der Waals surface area contributed by atoms with Crippen LogP contribution in [0.5, 0.6) is 0 Å². The topological polar surface area (TPSA) is 73.1 Å². The Morgan fingerprint density at radius 2 is 1.82 bits per heavy atom. The summed E-state index contributed by atoms with van der Waals surface area (Å²) in [4.78, 5) is 4.47. The van der Waals surface area contributed by atoms with Crippen LogP contribution in [0.1, 0.15) is 56.8 Å². The zero-order valence-corrected chi connectivity index (χ0v) is 13.9. The molecule has 0 aliphatic heterocycles. The molecule has 0 bridgehead atoms. The van der Waals surface area contributed by atoms with Crippen LogP contribution in [0.4, 0.5) is 0 Å². The van der Waals surface area contributed by atoms with Gasteiger partial charge in [-0.05, 0) is 36.0 Å². The first-order valence-corrected chi connectivity index (χ1v) is 9.07. The second-order valence-corrected chi connectivity index (χ2v) is 8.84. The number of hydrogen-bond acceptors (Lipinski definition) is 5. The van der Waals surface area contributed by atoms with Crippen LogP contribution in [-0.4, -0.2) is 18.6 Å². The average Bonchev–Trinajstić information content (AvgIpc) is 3.19. The number of aromatic nitrogens is 2. The van der Waals surface area contributed by atoms with E-state index in [-0.39, 0.29) is 22.0 Å². The largest absolute Gasteiger partial charge is 0.338 e. The minimum atomic E-state index is -3.46. The minimum absolute atomic E-state index is 0.00601. The number of rotatable bonds is 4. The monoisotopic (exact) mass is 320 g/mol. The fourth-order valence-corrected chi connectivity index (χ4v) is 3.40.